The molecule has 1 rings (SSSR count). The Morgan fingerprint density at radius 3 is 2.82 bits per heavy atom. The fourth-order valence-corrected chi connectivity index (χ4v) is 2.24. The van der Waals surface area contributed by atoms with Gasteiger partial charge in [0.15, 0.2) is 0 Å². The molecule has 0 aliphatic rings. The highest BCUT2D eigenvalue weighted by molar-refractivity contribution is 9.10. The molecule has 1 N–H and O–H groups in total. The maximum atomic E-state index is 9.21. The minimum Gasteiger partial charge on any atom is -0.491 e. The zero-order chi connectivity index (χ0) is 12.8. The van der Waals surface area contributed by atoms with Crippen LogP contribution in [0.15, 0.2) is 22.7 Å². The molecule has 0 aliphatic heterocycles. The van der Waals surface area contributed by atoms with Crippen LogP contribution in [0.1, 0.15) is 6.92 Å². The summed E-state index contributed by atoms with van der Waals surface area (Å²) in [6, 6.07) is 5.43. The monoisotopic (exact) mass is 321 g/mol. The van der Waals surface area contributed by atoms with Gasteiger partial charge in [-0.1, -0.05) is 11.6 Å². The van der Waals surface area contributed by atoms with Gasteiger partial charge in [0.2, 0.25) is 0 Å². The van der Waals surface area contributed by atoms with Crippen molar-refractivity contribution >= 4 is 27.5 Å². The molecule has 1 atom stereocenters. The quantitative estimate of drug-likeness (QED) is 0.874. The summed E-state index contributed by atoms with van der Waals surface area (Å²) in [7, 11) is 1.95. The molecule has 0 aromatic heterocycles. The molecule has 1 unspecified atom stereocenters. The number of likely N-dealkylation sites (N-methyl/N-ethyl adjacent to an activating group) is 1. The fraction of sp³-hybridized carbons (Fsp3) is 0.500. The molecule has 17 heavy (non-hydrogen) atoms. The van der Waals surface area contributed by atoms with E-state index in [1.54, 1.807) is 19.1 Å². The molecule has 0 spiro atoms. The lowest BCUT2D eigenvalue weighted by molar-refractivity contribution is 0.131. The Hall–Kier alpha value is -0.290. The number of hydrogen-bond donors (Lipinski definition) is 1. The van der Waals surface area contributed by atoms with Gasteiger partial charge >= 0.3 is 0 Å². The fourth-order valence-electron chi connectivity index (χ4n) is 1.45. The lowest BCUT2D eigenvalue weighted by Crippen LogP contribution is -2.30. The topological polar surface area (TPSA) is 32.7 Å². The largest absolute Gasteiger partial charge is 0.491 e. The number of aliphatic hydroxyl groups is 1. The molecule has 0 saturated carbocycles. The normalized spacial score (nSPS) is 12.8. The van der Waals surface area contributed by atoms with Gasteiger partial charge in [-0.15, -0.1) is 0 Å². The Morgan fingerprint density at radius 2 is 2.24 bits per heavy atom. The maximum Gasteiger partial charge on any atom is 0.133 e. The first-order valence-corrected chi connectivity index (χ1v) is 6.60. The number of halogens is 2. The third-order valence-corrected chi connectivity index (χ3v) is 3.06. The second-order valence-electron chi connectivity index (χ2n) is 4.03. The van der Waals surface area contributed by atoms with Crippen LogP contribution in [-0.2, 0) is 0 Å². The third kappa shape index (κ3) is 5.73. The highest BCUT2D eigenvalue weighted by Gasteiger charge is 2.05. The molecular weight excluding hydrogens is 305 g/mol. The van der Waals surface area contributed by atoms with Crippen LogP contribution in [0.2, 0.25) is 5.02 Å². The summed E-state index contributed by atoms with van der Waals surface area (Å²) in [5.74, 6) is 0.778. The molecule has 0 heterocycles. The number of benzene rings is 1. The average molecular weight is 323 g/mol. The van der Waals surface area contributed by atoms with Crippen LogP contribution < -0.4 is 4.74 Å². The summed E-state index contributed by atoms with van der Waals surface area (Å²) < 4.78 is 6.47. The molecule has 0 aliphatic carbocycles. The highest BCUT2D eigenvalue weighted by Crippen LogP contribution is 2.27. The second kappa shape index (κ2) is 7.21. The van der Waals surface area contributed by atoms with E-state index in [9.17, 15) is 5.11 Å². The van der Waals surface area contributed by atoms with E-state index in [4.69, 9.17) is 16.3 Å². The van der Waals surface area contributed by atoms with E-state index < -0.39 is 0 Å². The summed E-state index contributed by atoms with van der Waals surface area (Å²) in [5.41, 5.74) is 0. The van der Waals surface area contributed by atoms with Crippen LogP contribution in [0.3, 0.4) is 0 Å². The first-order valence-electron chi connectivity index (χ1n) is 5.43. The Balaban J connectivity index is 2.35. The molecule has 0 radical (unpaired) electrons. The first kappa shape index (κ1) is 14.8. The summed E-state index contributed by atoms with van der Waals surface area (Å²) in [6.07, 6.45) is -0.317. The van der Waals surface area contributed by atoms with Crippen molar-refractivity contribution in [2.45, 2.75) is 13.0 Å². The van der Waals surface area contributed by atoms with Crippen LogP contribution in [0, 0.1) is 0 Å². The summed E-state index contributed by atoms with van der Waals surface area (Å²) in [4.78, 5) is 2.02. The van der Waals surface area contributed by atoms with Crippen molar-refractivity contribution in [1.29, 1.82) is 0 Å². The van der Waals surface area contributed by atoms with Gasteiger partial charge in [-0.3, -0.25) is 0 Å². The van der Waals surface area contributed by atoms with Gasteiger partial charge < -0.3 is 14.7 Å². The van der Waals surface area contributed by atoms with Crippen molar-refractivity contribution in [3.05, 3.63) is 27.7 Å². The lowest BCUT2D eigenvalue weighted by atomic mass is 10.3. The lowest BCUT2D eigenvalue weighted by Gasteiger charge is -2.18. The van der Waals surface area contributed by atoms with Crippen molar-refractivity contribution in [2.24, 2.45) is 0 Å². The van der Waals surface area contributed by atoms with E-state index in [0.717, 1.165) is 16.8 Å². The number of ether oxygens (including phenoxy) is 1. The van der Waals surface area contributed by atoms with Gasteiger partial charge in [0.25, 0.3) is 0 Å². The standard InChI is InChI=1S/C12H17BrClNO2/c1-9(16)8-15(2)5-6-17-12-4-3-10(14)7-11(12)13/h3-4,7,9,16H,5-6,8H2,1-2H3. The Kier molecular flexibility index (Phi) is 6.27. The molecule has 1 aromatic rings. The average Bonchev–Trinajstić information content (AvgIpc) is 2.20. The van der Waals surface area contributed by atoms with E-state index in [2.05, 4.69) is 15.9 Å². The molecule has 0 bridgehead atoms. The zero-order valence-corrected chi connectivity index (χ0v) is 12.3. The summed E-state index contributed by atoms with van der Waals surface area (Å²) in [5, 5.41) is 9.89. The van der Waals surface area contributed by atoms with E-state index in [-0.39, 0.29) is 6.10 Å². The van der Waals surface area contributed by atoms with Crippen molar-refractivity contribution in [1.82, 2.24) is 4.90 Å². The van der Waals surface area contributed by atoms with Crippen LogP contribution in [0.25, 0.3) is 0 Å². The van der Waals surface area contributed by atoms with Crippen LogP contribution in [0.5, 0.6) is 5.75 Å². The van der Waals surface area contributed by atoms with Crippen molar-refractivity contribution in [3.63, 3.8) is 0 Å². The SMILES string of the molecule is CC(O)CN(C)CCOc1ccc(Cl)cc1Br. The number of nitrogens with zero attached hydrogens (tertiary/aromatic N) is 1. The van der Waals surface area contributed by atoms with Gasteiger partial charge in [0.1, 0.15) is 12.4 Å². The van der Waals surface area contributed by atoms with Gasteiger partial charge in [0, 0.05) is 18.1 Å². The minimum atomic E-state index is -0.317. The van der Waals surface area contributed by atoms with Crippen LogP contribution in [0.4, 0.5) is 0 Å². The first-order chi connectivity index (χ1) is 7.99. The Labute approximate surface area is 115 Å². The molecule has 1 aromatic carbocycles. The molecule has 3 nitrogen and oxygen atoms in total. The minimum absolute atomic E-state index is 0.317. The highest BCUT2D eigenvalue weighted by atomic mass is 79.9. The van der Waals surface area contributed by atoms with Gasteiger partial charge in [-0.25, -0.2) is 0 Å². The number of rotatable bonds is 6. The van der Waals surface area contributed by atoms with Crippen molar-refractivity contribution in [2.75, 3.05) is 26.7 Å². The zero-order valence-electron chi connectivity index (χ0n) is 9.99. The molecule has 5 heteroatoms. The molecule has 0 amide bonds. The van der Waals surface area contributed by atoms with Gasteiger partial charge in [0.05, 0.1) is 10.6 Å². The number of aliphatic hydroxyl groups excluding tert-OH is 1. The van der Waals surface area contributed by atoms with Crippen LogP contribution in [-0.4, -0.2) is 42.9 Å². The molecule has 0 fully saturated rings. The van der Waals surface area contributed by atoms with E-state index >= 15 is 0 Å². The Bertz CT molecular complexity index is 360. The Morgan fingerprint density at radius 1 is 1.53 bits per heavy atom. The predicted molar refractivity (Wildman–Crippen MR) is 73.8 cm³/mol. The van der Waals surface area contributed by atoms with E-state index in [1.165, 1.54) is 0 Å². The van der Waals surface area contributed by atoms with Crippen LogP contribution >= 0.6 is 27.5 Å². The number of hydrogen-bond acceptors (Lipinski definition) is 3. The molecule has 0 saturated heterocycles. The third-order valence-electron chi connectivity index (χ3n) is 2.20. The maximum absolute atomic E-state index is 9.21. The second-order valence-corrected chi connectivity index (χ2v) is 5.33. The van der Waals surface area contributed by atoms with Crippen molar-refractivity contribution in [3.8, 4) is 5.75 Å². The smallest absolute Gasteiger partial charge is 0.133 e. The van der Waals surface area contributed by atoms with E-state index in [0.29, 0.717) is 18.2 Å². The molecular formula is C12H17BrClNO2. The predicted octanol–water partition coefficient (Wildman–Crippen LogP) is 2.79. The van der Waals surface area contributed by atoms with E-state index in [1.807, 2.05) is 18.0 Å². The van der Waals surface area contributed by atoms with Gasteiger partial charge in [-0.2, -0.15) is 0 Å². The molecule has 96 valence electrons. The summed E-state index contributed by atoms with van der Waals surface area (Å²) >= 11 is 9.23. The van der Waals surface area contributed by atoms with Crippen molar-refractivity contribution < 1.29 is 9.84 Å². The van der Waals surface area contributed by atoms with Gasteiger partial charge in [-0.05, 0) is 48.1 Å². The summed E-state index contributed by atoms with van der Waals surface area (Å²) in [6.45, 7) is 3.75.